The number of anilines is 1. The Balaban J connectivity index is 1.67. The third-order valence-corrected chi connectivity index (χ3v) is 4.52. The number of aryl methyl sites for hydroxylation is 1. The Kier molecular flexibility index (Phi) is 5.03. The maximum atomic E-state index is 12.3. The van der Waals surface area contributed by atoms with Crippen LogP contribution >= 0.6 is 0 Å². The van der Waals surface area contributed by atoms with E-state index >= 15 is 0 Å². The third kappa shape index (κ3) is 4.05. The Morgan fingerprint density at radius 2 is 2.08 bits per heavy atom. The van der Waals surface area contributed by atoms with Gasteiger partial charge in [-0.15, -0.1) is 0 Å². The average molecular weight is 334 g/mol. The molecule has 0 aromatic carbocycles. The van der Waals surface area contributed by atoms with E-state index in [4.69, 9.17) is 0 Å². The smallest absolute Gasteiger partial charge is 0.320 e. The molecule has 3 rings (SSSR count). The van der Waals surface area contributed by atoms with Crippen LogP contribution in [0.25, 0.3) is 0 Å². The number of carbonyl (C=O) groups excluding carboxylic acids is 2. The van der Waals surface area contributed by atoms with Crippen LogP contribution in [0.4, 0.5) is 10.6 Å². The fourth-order valence-electron chi connectivity index (χ4n) is 3.38. The van der Waals surface area contributed by atoms with E-state index in [0.29, 0.717) is 12.2 Å². The fourth-order valence-corrected chi connectivity index (χ4v) is 3.38. The van der Waals surface area contributed by atoms with E-state index in [1.54, 1.807) is 10.7 Å². The lowest BCUT2D eigenvalue weighted by atomic mass is 9.96. The molecule has 1 aromatic heterocycles. The maximum absolute atomic E-state index is 12.3. The zero-order valence-electron chi connectivity index (χ0n) is 14.3. The van der Waals surface area contributed by atoms with Crippen LogP contribution in [0.1, 0.15) is 57.4 Å². The SMILES string of the molecule is Cc1cc(NC(=O)NC2CCCCC2)n(C2NC(=O)CC(C)N2)n1. The third-order valence-electron chi connectivity index (χ3n) is 4.52. The van der Waals surface area contributed by atoms with E-state index in [-0.39, 0.29) is 24.0 Å². The molecule has 2 heterocycles. The predicted molar refractivity (Wildman–Crippen MR) is 90.4 cm³/mol. The van der Waals surface area contributed by atoms with Gasteiger partial charge < -0.3 is 10.6 Å². The van der Waals surface area contributed by atoms with Crippen molar-refractivity contribution in [1.29, 1.82) is 0 Å². The van der Waals surface area contributed by atoms with Gasteiger partial charge in [-0.05, 0) is 26.7 Å². The minimum Gasteiger partial charge on any atom is -0.335 e. The lowest BCUT2D eigenvalue weighted by molar-refractivity contribution is -0.125. The van der Waals surface area contributed by atoms with Crippen LogP contribution in [-0.4, -0.2) is 33.8 Å². The number of amides is 3. The van der Waals surface area contributed by atoms with Gasteiger partial charge in [0.05, 0.1) is 5.69 Å². The van der Waals surface area contributed by atoms with E-state index in [1.807, 2.05) is 13.8 Å². The van der Waals surface area contributed by atoms with Crippen molar-refractivity contribution in [2.75, 3.05) is 5.32 Å². The molecule has 4 N–H and O–H groups in total. The first kappa shape index (κ1) is 16.8. The molecular formula is C16H26N6O2. The van der Waals surface area contributed by atoms with Crippen molar-refractivity contribution in [3.05, 3.63) is 11.8 Å². The van der Waals surface area contributed by atoms with Gasteiger partial charge in [0.2, 0.25) is 5.91 Å². The van der Waals surface area contributed by atoms with Crippen molar-refractivity contribution < 1.29 is 9.59 Å². The molecule has 1 aliphatic carbocycles. The normalized spacial score (nSPS) is 25.2. The van der Waals surface area contributed by atoms with Gasteiger partial charge in [-0.1, -0.05) is 19.3 Å². The van der Waals surface area contributed by atoms with Crippen LogP contribution < -0.4 is 21.3 Å². The van der Waals surface area contributed by atoms with Crippen LogP contribution in [0, 0.1) is 6.92 Å². The van der Waals surface area contributed by atoms with E-state index in [2.05, 4.69) is 26.4 Å². The van der Waals surface area contributed by atoms with Crippen LogP contribution in [0.5, 0.6) is 0 Å². The molecule has 0 spiro atoms. The number of aromatic nitrogens is 2. The lowest BCUT2D eigenvalue weighted by Crippen LogP contribution is -2.52. The molecule has 24 heavy (non-hydrogen) atoms. The minimum absolute atomic E-state index is 0.0305. The summed E-state index contributed by atoms with van der Waals surface area (Å²) in [6.45, 7) is 3.81. The summed E-state index contributed by atoms with van der Waals surface area (Å²) in [6, 6.07) is 1.87. The highest BCUT2D eigenvalue weighted by Gasteiger charge is 2.27. The number of hydrogen-bond donors (Lipinski definition) is 4. The number of rotatable bonds is 3. The molecule has 2 aliphatic rings. The summed E-state index contributed by atoms with van der Waals surface area (Å²) in [5, 5.41) is 16.4. The van der Waals surface area contributed by atoms with E-state index in [0.717, 1.165) is 31.4 Å². The number of urea groups is 1. The zero-order chi connectivity index (χ0) is 17.1. The Morgan fingerprint density at radius 1 is 1.33 bits per heavy atom. The molecule has 1 saturated carbocycles. The quantitative estimate of drug-likeness (QED) is 0.674. The standard InChI is InChI=1S/C16H26N6O2/c1-10-9-14(23)20-15(17-10)22-13(8-11(2)21-22)19-16(24)18-12-6-4-3-5-7-12/h8,10,12,15,17H,3-7,9H2,1-2H3,(H,20,23)(H2,18,19,24). The number of carbonyl (C=O) groups is 2. The Morgan fingerprint density at radius 3 is 2.79 bits per heavy atom. The Bertz CT molecular complexity index is 608. The first-order chi connectivity index (χ1) is 11.5. The summed E-state index contributed by atoms with van der Waals surface area (Å²) in [6.07, 6.45) is 5.61. The molecule has 2 atom stereocenters. The number of nitrogens with zero attached hydrogens (tertiary/aromatic N) is 2. The van der Waals surface area contributed by atoms with Gasteiger partial charge in [0.15, 0.2) is 6.29 Å². The van der Waals surface area contributed by atoms with Gasteiger partial charge in [0.1, 0.15) is 5.82 Å². The van der Waals surface area contributed by atoms with Crippen LogP contribution in [0.3, 0.4) is 0 Å². The molecule has 8 nitrogen and oxygen atoms in total. The van der Waals surface area contributed by atoms with Crippen molar-refractivity contribution in [1.82, 2.24) is 25.7 Å². The lowest BCUT2D eigenvalue weighted by Gasteiger charge is -2.30. The van der Waals surface area contributed by atoms with Crippen molar-refractivity contribution in [3.8, 4) is 0 Å². The molecule has 1 saturated heterocycles. The second kappa shape index (κ2) is 7.21. The molecule has 2 fully saturated rings. The monoisotopic (exact) mass is 334 g/mol. The van der Waals surface area contributed by atoms with Crippen molar-refractivity contribution in [3.63, 3.8) is 0 Å². The second-order valence-electron chi connectivity index (χ2n) is 6.79. The van der Waals surface area contributed by atoms with Crippen LogP contribution in [-0.2, 0) is 4.79 Å². The van der Waals surface area contributed by atoms with E-state index < -0.39 is 6.29 Å². The first-order valence-corrected chi connectivity index (χ1v) is 8.70. The topological polar surface area (TPSA) is 100 Å². The molecule has 132 valence electrons. The summed E-state index contributed by atoms with van der Waals surface area (Å²) in [7, 11) is 0. The molecule has 8 heteroatoms. The van der Waals surface area contributed by atoms with Gasteiger partial charge in [-0.25, -0.2) is 9.48 Å². The largest absolute Gasteiger partial charge is 0.335 e. The molecular weight excluding hydrogens is 308 g/mol. The van der Waals surface area contributed by atoms with Crippen molar-refractivity contribution in [2.45, 2.75) is 70.7 Å². The van der Waals surface area contributed by atoms with Crippen LogP contribution in [0.2, 0.25) is 0 Å². The molecule has 0 radical (unpaired) electrons. The molecule has 3 amide bonds. The maximum Gasteiger partial charge on any atom is 0.320 e. The summed E-state index contributed by atoms with van der Waals surface area (Å²) in [5.74, 6) is 0.532. The number of hydrogen-bond acceptors (Lipinski definition) is 4. The van der Waals surface area contributed by atoms with Crippen molar-refractivity contribution in [2.24, 2.45) is 0 Å². The van der Waals surface area contributed by atoms with Gasteiger partial charge >= 0.3 is 6.03 Å². The van der Waals surface area contributed by atoms with Gasteiger partial charge in [0.25, 0.3) is 0 Å². The highest BCUT2D eigenvalue weighted by Crippen LogP contribution is 2.19. The average Bonchev–Trinajstić information content (AvgIpc) is 2.87. The minimum atomic E-state index is -0.458. The highest BCUT2D eigenvalue weighted by atomic mass is 16.2. The fraction of sp³-hybridized carbons (Fsp3) is 0.688. The first-order valence-electron chi connectivity index (χ1n) is 8.70. The predicted octanol–water partition coefficient (Wildman–Crippen LogP) is 1.60. The van der Waals surface area contributed by atoms with Gasteiger partial charge in [-0.2, -0.15) is 5.10 Å². The summed E-state index contributed by atoms with van der Waals surface area (Å²) in [5.41, 5.74) is 0.775. The van der Waals surface area contributed by atoms with Crippen LogP contribution in [0.15, 0.2) is 6.07 Å². The molecule has 2 unspecified atom stereocenters. The van der Waals surface area contributed by atoms with Gasteiger partial charge in [0, 0.05) is 24.6 Å². The number of nitrogens with one attached hydrogen (secondary N) is 4. The Labute approximate surface area is 141 Å². The summed E-state index contributed by atoms with van der Waals surface area (Å²) >= 11 is 0. The van der Waals surface area contributed by atoms with E-state index in [9.17, 15) is 9.59 Å². The molecule has 0 bridgehead atoms. The van der Waals surface area contributed by atoms with E-state index in [1.165, 1.54) is 6.42 Å². The Hall–Kier alpha value is -2.09. The molecule has 1 aliphatic heterocycles. The molecule has 1 aromatic rings. The summed E-state index contributed by atoms with van der Waals surface area (Å²) < 4.78 is 1.61. The zero-order valence-corrected chi connectivity index (χ0v) is 14.3. The highest BCUT2D eigenvalue weighted by molar-refractivity contribution is 5.88. The van der Waals surface area contributed by atoms with Crippen molar-refractivity contribution >= 4 is 17.8 Å². The summed E-state index contributed by atoms with van der Waals surface area (Å²) in [4.78, 5) is 24.1. The second-order valence-corrected chi connectivity index (χ2v) is 6.79. The van der Waals surface area contributed by atoms with Gasteiger partial charge in [-0.3, -0.25) is 15.4 Å².